The van der Waals surface area contributed by atoms with Crippen LogP contribution in [0.15, 0.2) is 53.4 Å². The number of ketones is 2. The Morgan fingerprint density at radius 1 is 0.912 bits per heavy atom. The first-order chi connectivity index (χ1) is 16.3. The predicted molar refractivity (Wildman–Crippen MR) is 128 cm³/mol. The number of rotatable bonds is 8. The van der Waals surface area contributed by atoms with Crippen molar-refractivity contribution in [1.82, 2.24) is 9.62 Å². The molecule has 1 heterocycles. The summed E-state index contributed by atoms with van der Waals surface area (Å²) in [5, 5.41) is 3.23. The third-order valence-corrected chi connectivity index (χ3v) is 8.66. The van der Waals surface area contributed by atoms with Crippen molar-refractivity contribution in [1.29, 1.82) is 0 Å². The van der Waals surface area contributed by atoms with E-state index in [9.17, 15) is 22.8 Å². The Balaban J connectivity index is 1.48. The number of Topliss-reactive ketones (excluding diaryl/α,β-unsaturated/α-hetero) is 2. The lowest BCUT2D eigenvalue weighted by Crippen LogP contribution is -2.49. The molecule has 4 rings (SSSR count). The van der Waals surface area contributed by atoms with Gasteiger partial charge < -0.3 is 5.32 Å². The van der Waals surface area contributed by atoms with Crippen molar-refractivity contribution in [2.45, 2.75) is 49.5 Å². The van der Waals surface area contributed by atoms with E-state index in [-0.39, 0.29) is 28.9 Å². The second kappa shape index (κ2) is 10.4. The van der Waals surface area contributed by atoms with Crippen LogP contribution in [0.3, 0.4) is 0 Å². The Labute approximate surface area is 204 Å². The molecule has 1 fully saturated rings. The normalized spacial score (nSPS) is 19.2. The average Bonchev–Trinajstić information content (AvgIpc) is 2.94. The lowest BCUT2D eigenvalue weighted by Gasteiger charge is -2.29. The monoisotopic (exact) mass is 502 g/mol. The van der Waals surface area contributed by atoms with Gasteiger partial charge in [0.25, 0.3) is 0 Å². The molecule has 7 nitrogen and oxygen atoms in total. The van der Waals surface area contributed by atoms with Gasteiger partial charge in [-0.2, -0.15) is 4.31 Å². The molecule has 0 saturated carbocycles. The molecule has 2 aromatic carbocycles. The molecule has 1 unspecified atom stereocenters. The van der Waals surface area contributed by atoms with Crippen molar-refractivity contribution in [3.63, 3.8) is 0 Å². The van der Waals surface area contributed by atoms with Gasteiger partial charge in [0.15, 0.2) is 11.6 Å². The van der Waals surface area contributed by atoms with Gasteiger partial charge in [-0.25, -0.2) is 8.42 Å². The molecule has 1 saturated heterocycles. The van der Waals surface area contributed by atoms with Crippen LogP contribution in [0.25, 0.3) is 0 Å². The van der Waals surface area contributed by atoms with Crippen molar-refractivity contribution < 1.29 is 22.8 Å². The van der Waals surface area contributed by atoms with E-state index in [0.29, 0.717) is 48.4 Å². The van der Waals surface area contributed by atoms with E-state index < -0.39 is 22.0 Å². The number of unbranched alkanes of at least 4 members (excludes halogenated alkanes) is 1. The largest absolute Gasteiger partial charge is 0.355 e. The number of carbonyl (C=O) groups excluding carboxylic acids is 3. The minimum Gasteiger partial charge on any atom is -0.355 e. The van der Waals surface area contributed by atoms with Crippen LogP contribution >= 0.6 is 11.6 Å². The van der Waals surface area contributed by atoms with Crippen molar-refractivity contribution in [3.05, 3.63) is 64.7 Å². The molecule has 0 spiro atoms. The molecular weight excluding hydrogens is 476 g/mol. The van der Waals surface area contributed by atoms with Gasteiger partial charge in [0.2, 0.25) is 15.9 Å². The van der Waals surface area contributed by atoms with Gasteiger partial charge in [0, 0.05) is 29.2 Å². The van der Waals surface area contributed by atoms with Crippen molar-refractivity contribution in [3.8, 4) is 0 Å². The van der Waals surface area contributed by atoms with Crippen molar-refractivity contribution in [2.75, 3.05) is 13.1 Å². The van der Waals surface area contributed by atoms with Crippen LogP contribution < -0.4 is 5.32 Å². The van der Waals surface area contributed by atoms with Crippen LogP contribution in [-0.2, 0) is 14.8 Å². The molecule has 1 N–H and O–H groups in total. The summed E-state index contributed by atoms with van der Waals surface area (Å²) in [7, 11) is -3.95. The highest BCUT2D eigenvalue weighted by Crippen LogP contribution is 2.30. The zero-order valence-corrected chi connectivity index (χ0v) is 20.3. The molecule has 2 aromatic rings. The molecule has 0 radical (unpaired) electrons. The van der Waals surface area contributed by atoms with Gasteiger partial charge >= 0.3 is 0 Å². The number of nitrogens with zero attached hydrogens (tertiary/aromatic N) is 1. The summed E-state index contributed by atoms with van der Waals surface area (Å²) in [4.78, 5) is 38.1. The van der Waals surface area contributed by atoms with E-state index in [1.807, 2.05) is 0 Å². The van der Waals surface area contributed by atoms with E-state index in [0.717, 1.165) is 12.8 Å². The SMILES string of the molecule is O=C1c2ccccc2C(=O)C1CCCCN(C1CCCCNC1=O)S(=O)(=O)c1ccc(Cl)cc1. The maximum absolute atomic E-state index is 13.5. The van der Waals surface area contributed by atoms with E-state index >= 15 is 0 Å². The average molecular weight is 503 g/mol. The standard InChI is InChI=1S/C25H27ClN2O5S/c26-17-11-13-18(14-12-17)34(32,33)28(22-10-3-5-15-27-25(22)31)16-6-4-9-21-23(29)19-7-1-2-8-20(19)24(21)30/h1-2,7-8,11-14,21-22H,3-6,9-10,15-16H2,(H,27,31). The third-order valence-electron chi connectivity index (χ3n) is 6.49. The lowest BCUT2D eigenvalue weighted by atomic mass is 9.97. The zero-order chi connectivity index (χ0) is 24.3. The quantitative estimate of drug-likeness (QED) is 0.436. The van der Waals surface area contributed by atoms with Gasteiger partial charge in [0.05, 0.1) is 10.8 Å². The molecule has 2 aliphatic rings. The summed E-state index contributed by atoms with van der Waals surface area (Å²) >= 11 is 5.93. The Hall–Kier alpha value is -2.55. The smallest absolute Gasteiger partial charge is 0.243 e. The topological polar surface area (TPSA) is 101 Å². The molecule has 0 bridgehead atoms. The van der Waals surface area contributed by atoms with E-state index in [4.69, 9.17) is 11.6 Å². The highest BCUT2D eigenvalue weighted by molar-refractivity contribution is 7.89. The first kappa shape index (κ1) is 24.6. The van der Waals surface area contributed by atoms with Gasteiger partial charge in [-0.3, -0.25) is 14.4 Å². The molecule has 1 atom stereocenters. The summed E-state index contributed by atoms with van der Waals surface area (Å²) in [5.41, 5.74) is 0.916. The molecule has 1 amide bonds. The third kappa shape index (κ3) is 4.94. The first-order valence-corrected chi connectivity index (χ1v) is 13.3. The molecular formula is C25H27ClN2O5S. The van der Waals surface area contributed by atoms with Gasteiger partial charge in [0.1, 0.15) is 6.04 Å². The summed E-state index contributed by atoms with van der Waals surface area (Å²) < 4.78 is 28.3. The van der Waals surface area contributed by atoms with Gasteiger partial charge in [-0.05, 0) is 56.4 Å². The van der Waals surface area contributed by atoms with Crippen LogP contribution in [0.4, 0.5) is 0 Å². The lowest BCUT2D eigenvalue weighted by molar-refractivity contribution is -0.124. The molecule has 1 aliphatic heterocycles. The minimum atomic E-state index is -3.95. The number of benzene rings is 2. The van der Waals surface area contributed by atoms with Gasteiger partial charge in [-0.1, -0.05) is 42.3 Å². The van der Waals surface area contributed by atoms with Crippen molar-refractivity contribution >= 4 is 39.1 Å². The predicted octanol–water partition coefficient (Wildman–Crippen LogP) is 3.87. The van der Waals surface area contributed by atoms with Crippen molar-refractivity contribution in [2.24, 2.45) is 5.92 Å². The second-order valence-corrected chi connectivity index (χ2v) is 11.0. The molecule has 1 aliphatic carbocycles. The molecule has 9 heteroatoms. The Morgan fingerprint density at radius 2 is 1.56 bits per heavy atom. The summed E-state index contributed by atoms with van der Waals surface area (Å²) in [5.74, 6) is -1.37. The number of halogens is 1. The maximum Gasteiger partial charge on any atom is 0.243 e. The van der Waals surface area contributed by atoms with Gasteiger partial charge in [-0.15, -0.1) is 0 Å². The van der Waals surface area contributed by atoms with E-state index in [2.05, 4.69) is 5.32 Å². The number of nitrogens with one attached hydrogen (secondary N) is 1. The number of fused-ring (bicyclic) bond motifs is 1. The number of hydrogen-bond acceptors (Lipinski definition) is 5. The number of carbonyl (C=O) groups is 3. The number of sulfonamides is 1. The fourth-order valence-corrected chi connectivity index (χ4v) is 6.45. The number of hydrogen-bond donors (Lipinski definition) is 1. The second-order valence-electron chi connectivity index (χ2n) is 8.69. The van der Waals surface area contributed by atoms with E-state index in [1.165, 1.54) is 28.6 Å². The highest BCUT2D eigenvalue weighted by Gasteiger charge is 2.38. The zero-order valence-electron chi connectivity index (χ0n) is 18.7. The fraction of sp³-hybridized carbons (Fsp3) is 0.400. The molecule has 34 heavy (non-hydrogen) atoms. The molecule has 0 aromatic heterocycles. The van der Waals surface area contributed by atoms with Crippen LogP contribution in [-0.4, -0.2) is 49.3 Å². The fourth-order valence-electron chi connectivity index (χ4n) is 4.67. The Kier molecular flexibility index (Phi) is 7.50. The van der Waals surface area contributed by atoms with E-state index in [1.54, 1.807) is 24.3 Å². The first-order valence-electron chi connectivity index (χ1n) is 11.5. The van der Waals surface area contributed by atoms with Crippen LogP contribution in [0.1, 0.15) is 59.2 Å². The summed E-state index contributed by atoms with van der Waals surface area (Å²) in [6.07, 6.45) is 3.22. The Bertz CT molecular complexity index is 1160. The number of amides is 1. The van der Waals surface area contributed by atoms with Crippen LogP contribution in [0, 0.1) is 5.92 Å². The van der Waals surface area contributed by atoms with Crippen LogP contribution in [0.5, 0.6) is 0 Å². The highest BCUT2D eigenvalue weighted by atomic mass is 35.5. The van der Waals surface area contributed by atoms with Crippen LogP contribution in [0.2, 0.25) is 5.02 Å². The maximum atomic E-state index is 13.5. The summed E-state index contributed by atoms with van der Waals surface area (Å²) in [6.45, 7) is 0.641. The minimum absolute atomic E-state index is 0.0746. The summed E-state index contributed by atoms with van der Waals surface area (Å²) in [6, 6.07) is 11.9. The Morgan fingerprint density at radius 3 is 2.21 bits per heavy atom. The molecule has 180 valence electrons.